The maximum absolute atomic E-state index is 12.8. The second-order valence-electron chi connectivity index (χ2n) is 6.58. The van der Waals surface area contributed by atoms with Crippen LogP contribution >= 0.6 is 15.9 Å². The van der Waals surface area contributed by atoms with Crippen LogP contribution in [0.3, 0.4) is 0 Å². The molecule has 1 aromatic rings. The van der Waals surface area contributed by atoms with Crippen LogP contribution in [0.5, 0.6) is 0 Å². The van der Waals surface area contributed by atoms with Crippen molar-refractivity contribution in [2.75, 3.05) is 18.1 Å². The Morgan fingerprint density at radius 2 is 2.15 bits per heavy atom. The van der Waals surface area contributed by atoms with E-state index in [2.05, 4.69) is 21.2 Å². The van der Waals surface area contributed by atoms with E-state index in [0.29, 0.717) is 17.7 Å². The Balaban J connectivity index is 2.07. The zero-order valence-corrected chi connectivity index (χ0v) is 17.5. The second kappa shape index (κ2) is 7.63. The van der Waals surface area contributed by atoms with E-state index < -0.39 is 33.9 Å². The molecule has 27 heavy (non-hydrogen) atoms. The largest absolute Gasteiger partial charge is 0.463 e. The number of hydrogen-bond acceptors (Lipinski definition) is 5. The number of esters is 1. The number of urea groups is 1. The molecule has 2 amide bonds. The van der Waals surface area contributed by atoms with Crippen molar-refractivity contribution in [3.63, 3.8) is 0 Å². The molecule has 0 radical (unpaired) electrons. The first-order chi connectivity index (χ1) is 12.7. The molecule has 2 aliphatic rings. The van der Waals surface area contributed by atoms with Crippen LogP contribution in [0.4, 0.5) is 4.79 Å². The Bertz CT molecular complexity index is 912. The van der Waals surface area contributed by atoms with Crippen molar-refractivity contribution in [1.29, 1.82) is 0 Å². The molecule has 2 unspecified atom stereocenters. The molecular formula is C18H21BrN2O5S. The van der Waals surface area contributed by atoms with E-state index >= 15 is 0 Å². The van der Waals surface area contributed by atoms with E-state index in [9.17, 15) is 18.0 Å². The van der Waals surface area contributed by atoms with Gasteiger partial charge in [-0.1, -0.05) is 28.1 Å². The lowest BCUT2D eigenvalue weighted by molar-refractivity contribution is -0.139. The SMILES string of the molecule is CCOC(=O)C1=C(C)N(C2CCS(=O)(=O)C2)C(=O)NC1c1cccc(Br)c1. The molecule has 0 bridgehead atoms. The summed E-state index contributed by atoms with van der Waals surface area (Å²) in [5.41, 5.74) is 1.49. The van der Waals surface area contributed by atoms with Crippen LogP contribution < -0.4 is 5.32 Å². The van der Waals surface area contributed by atoms with Gasteiger partial charge >= 0.3 is 12.0 Å². The highest BCUT2D eigenvalue weighted by atomic mass is 79.9. The minimum atomic E-state index is -3.18. The van der Waals surface area contributed by atoms with Crippen LogP contribution in [0.1, 0.15) is 31.9 Å². The van der Waals surface area contributed by atoms with E-state index in [1.165, 1.54) is 4.90 Å². The standard InChI is InChI=1S/C18H21BrN2O5S/c1-3-26-17(22)15-11(2)21(14-7-8-27(24,25)10-14)18(23)20-16(15)12-5-4-6-13(19)9-12/h4-6,9,14,16H,3,7-8,10H2,1-2H3,(H,20,23). The number of nitrogens with zero attached hydrogens (tertiary/aromatic N) is 1. The maximum Gasteiger partial charge on any atom is 0.338 e. The molecule has 0 aliphatic carbocycles. The monoisotopic (exact) mass is 456 g/mol. The molecule has 0 saturated carbocycles. The van der Waals surface area contributed by atoms with Crippen LogP contribution in [0.25, 0.3) is 0 Å². The average Bonchev–Trinajstić information content (AvgIpc) is 2.94. The molecule has 2 aliphatic heterocycles. The molecule has 9 heteroatoms. The van der Waals surface area contributed by atoms with Gasteiger partial charge in [-0.3, -0.25) is 4.90 Å². The third-order valence-corrected chi connectivity index (χ3v) is 7.02. The summed E-state index contributed by atoms with van der Waals surface area (Å²) in [7, 11) is -3.18. The van der Waals surface area contributed by atoms with Crippen molar-refractivity contribution < 1.29 is 22.7 Å². The van der Waals surface area contributed by atoms with Crippen molar-refractivity contribution in [2.24, 2.45) is 0 Å². The Hall–Kier alpha value is -1.87. The molecule has 1 fully saturated rings. The van der Waals surface area contributed by atoms with Crippen molar-refractivity contribution in [2.45, 2.75) is 32.4 Å². The predicted molar refractivity (Wildman–Crippen MR) is 104 cm³/mol. The molecule has 0 aromatic heterocycles. The number of amides is 2. The van der Waals surface area contributed by atoms with E-state index in [4.69, 9.17) is 4.74 Å². The number of nitrogens with one attached hydrogen (secondary N) is 1. The van der Waals surface area contributed by atoms with Gasteiger partial charge in [-0.15, -0.1) is 0 Å². The van der Waals surface area contributed by atoms with Gasteiger partial charge in [0.15, 0.2) is 9.84 Å². The molecule has 2 heterocycles. The summed E-state index contributed by atoms with van der Waals surface area (Å²) in [6.45, 7) is 3.58. The number of carbonyl (C=O) groups is 2. The van der Waals surface area contributed by atoms with Gasteiger partial charge in [0, 0.05) is 10.2 Å². The van der Waals surface area contributed by atoms with Crippen LogP contribution in [0.2, 0.25) is 0 Å². The smallest absolute Gasteiger partial charge is 0.338 e. The Morgan fingerprint density at radius 3 is 2.74 bits per heavy atom. The predicted octanol–water partition coefficient (Wildman–Crippen LogP) is 2.54. The Labute approximate surface area is 166 Å². The number of rotatable bonds is 4. The van der Waals surface area contributed by atoms with Gasteiger partial charge < -0.3 is 10.1 Å². The second-order valence-corrected chi connectivity index (χ2v) is 9.73. The molecule has 1 saturated heterocycles. The quantitative estimate of drug-likeness (QED) is 0.702. The number of hydrogen-bond donors (Lipinski definition) is 1. The number of benzene rings is 1. The molecule has 146 valence electrons. The summed E-state index contributed by atoms with van der Waals surface area (Å²) >= 11 is 3.40. The van der Waals surface area contributed by atoms with Crippen LogP contribution in [0.15, 0.2) is 40.0 Å². The first-order valence-corrected chi connectivity index (χ1v) is 11.3. The van der Waals surface area contributed by atoms with Gasteiger partial charge in [0.25, 0.3) is 0 Å². The first kappa shape index (κ1) is 19.9. The minimum Gasteiger partial charge on any atom is -0.463 e. The lowest BCUT2D eigenvalue weighted by Crippen LogP contribution is -2.52. The van der Waals surface area contributed by atoms with Gasteiger partial charge in [-0.2, -0.15) is 0 Å². The normalized spacial score (nSPS) is 24.7. The van der Waals surface area contributed by atoms with Gasteiger partial charge in [-0.25, -0.2) is 18.0 Å². The van der Waals surface area contributed by atoms with Crippen molar-refractivity contribution in [3.05, 3.63) is 45.6 Å². The number of halogens is 1. The van der Waals surface area contributed by atoms with E-state index in [-0.39, 0.29) is 18.1 Å². The lowest BCUT2D eigenvalue weighted by Gasteiger charge is -2.38. The molecule has 3 rings (SSSR count). The summed E-state index contributed by atoms with van der Waals surface area (Å²) in [6.07, 6.45) is 0.352. The highest BCUT2D eigenvalue weighted by Crippen LogP contribution is 2.35. The third kappa shape index (κ3) is 4.03. The zero-order chi connectivity index (χ0) is 19.8. The summed E-state index contributed by atoms with van der Waals surface area (Å²) in [6, 6.07) is 5.76. The van der Waals surface area contributed by atoms with Gasteiger partial charge in [0.05, 0.1) is 35.8 Å². The zero-order valence-electron chi connectivity index (χ0n) is 15.1. The van der Waals surface area contributed by atoms with Crippen LogP contribution in [-0.2, 0) is 19.4 Å². The number of ether oxygens (including phenoxy) is 1. The Morgan fingerprint density at radius 1 is 1.41 bits per heavy atom. The first-order valence-electron chi connectivity index (χ1n) is 8.67. The number of carbonyl (C=O) groups excluding carboxylic acids is 2. The summed E-state index contributed by atoms with van der Waals surface area (Å²) < 4.78 is 29.8. The third-order valence-electron chi connectivity index (χ3n) is 4.78. The van der Waals surface area contributed by atoms with Crippen molar-refractivity contribution in [3.8, 4) is 0 Å². The highest BCUT2D eigenvalue weighted by molar-refractivity contribution is 9.10. The summed E-state index contributed by atoms with van der Waals surface area (Å²) in [5, 5.41) is 2.85. The minimum absolute atomic E-state index is 0.0402. The van der Waals surface area contributed by atoms with Crippen molar-refractivity contribution in [1.82, 2.24) is 10.2 Å². The fourth-order valence-electron chi connectivity index (χ4n) is 3.59. The van der Waals surface area contributed by atoms with E-state index in [1.54, 1.807) is 13.8 Å². The maximum atomic E-state index is 12.8. The van der Waals surface area contributed by atoms with E-state index in [1.807, 2.05) is 24.3 Å². The Kier molecular flexibility index (Phi) is 5.62. The molecule has 0 spiro atoms. The van der Waals surface area contributed by atoms with Gasteiger partial charge in [0.1, 0.15) is 0 Å². The van der Waals surface area contributed by atoms with Crippen LogP contribution in [-0.4, -0.2) is 49.5 Å². The van der Waals surface area contributed by atoms with Crippen molar-refractivity contribution >= 4 is 37.8 Å². The average molecular weight is 457 g/mol. The van der Waals surface area contributed by atoms with Gasteiger partial charge in [0.2, 0.25) is 0 Å². The molecular weight excluding hydrogens is 436 g/mol. The number of sulfone groups is 1. The molecule has 1 N–H and O–H groups in total. The van der Waals surface area contributed by atoms with E-state index in [0.717, 1.165) is 10.0 Å². The van der Waals surface area contributed by atoms with Crippen LogP contribution in [0, 0.1) is 0 Å². The topological polar surface area (TPSA) is 92.8 Å². The summed E-state index contributed by atoms with van der Waals surface area (Å²) in [5.74, 6) is -0.584. The molecule has 2 atom stereocenters. The molecule has 1 aromatic carbocycles. The lowest BCUT2D eigenvalue weighted by atomic mass is 9.94. The molecule has 7 nitrogen and oxygen atoms in total. The highest BCUT2D eigenvalue weighted by Gasteiger charge is 2.42. The number of allylic oxidation sites excluding steroid dienone is 1. The fraction of sp³-hybridized carbons (Fsp3) is 0.444. The van der Waals surface area contributed by atoms with Gasteiger partial charge in [-0.05, 0) is 38.0 Å². The summed E-state index contributed by atoms with van der Waals surface area (Å²) in [4.78, 5) is 26.9. The fourth-order valence-corrected chi connectivity index (χ4v) is 5.70.